The Labute approximate surface area is 136 Å². The quantitative estimate of drug-likeness (QED) is 0.878. The summed E-state index contributed by atoms with van der Waals surface area (Å²) in [4.78, 5) is 4.72. The summed E-state index contributed by atoms with van der Waals surface area (Å²) < 4.78 is 25.3. The molecule has 7 heteroatoms. The molecule has 1 aromatic heterocycles. The maximum atomic E-state index is 12.0. The van der Waals surface area contributed by atoms with Gasteiger partial charge in [-0.05, 0) is 31.5 Å². The average molecular weight is 339 g/mol. The van der Waals surface area contributed by atoms with Crippen LogP contribution in [0.2, 0.25) is 0 Å². The fraction of sp³-hybridized carbons (Fsp3) is 0.400. The van der Waals surface area contributed by atoms with Crippen LogP contribution >= 0.6 is 11.3 Å². The van der Waals surface area contributed by atoms with Crippen molar-refractivity contribution in [2.45, 2.75) is 31.3 Å². The van der Waals surface area contributed by atoms with E-state index in [1.807, 2.05) is 24.4 Å². The molecule has 1 atom stereocenters. The molecule has 0 radical (unpaired) electrons. The van der Waals surface area contributed by atoms with E-state index in [0.29, 0.717) is 11.4 Å². The number of benzene rings is 1. The number of sulfonamides is 1. The lowest BCUT2D eigenvalue weighted by molar-refractivity contribution is 0.520. The van der Waals surface area contributed by atoms with Gasteiger partial charge in [-0.15, -0.1) is 11.3 Å². The molecule has 0 saturated carbocycles. The highest BCUT2D eigenvalue weighted by Gasteiger charge is 2.17. The summed E-state index contributed by atoms with van der Waals surface area (Å²) in [5.74, 6) is 0. The van der Waals surface area contributed by atoms with Gasteiger partial charge in [-0.3, -0.25) is 0 Å². The fourth-order valence-electron chi connectivity index (χ4n) is 1.98. The van der Waals surface area contributed by atoms with Crippen molar-refractivity contribution in [3.63, 3.8) is 0 Å². The SMILES string of the molecule is Cc1csc(CNC(C)c2ccc(S(=O)(=O)N(C)C)cc2)n1. The summed E-state index contributed by atoms with van der Waals surface area (Å²) in [6.07, 6.45) is 0. The van der Waals surface area contributed by atoms with Crippen LogP contribution in [0.5, 0.6) is 0 Å². The van der Waals surface area contributed by atoms with Crippen LogP contribution < -0.4 is 5.32 Å². The van der Waals surface area contributed by atoms with Crippen molar-refractivity contribution in [1.82, 2.24) is 14.6 Å². The minimum atomic E-state index is -3.37. The summed E-state index contributed by atoms with van der Waals surface area (Å²) >= 11 is 1.64. The van der Waals surface area contributed by atoms with E-state index in [-0.39, 0.29) is 6.04 Å². The van der Waals surface area contributed by atoms with Crippen LogP contribution in [-0.2, 0) is 16.6 Å². The van der Waals surface area contributed by atoms with Gasteiger partial charge < -0.3 is 5.32 Å². The topological polar surface area (TPSA) is 62.3 Å². The van der Waals surface area contributed by atoms with Crippen LogP contribution in [0.4, 0.5) is 0 Å². The predicted octanol–water partition coefficient (Wildman–Crippen LogP) is 2.55. The third kappa shape index (κ3) is 3.92. The minimum Gasteiger partial charge on any atom is -0.304 e. The summed E-state index contributed by atoms with van der Waals surface area (Å²) in [6.45, 7) is 4.74. The van der Waals surface area contributed by atoms with Gasteiger partial charge in [-0.2, -0.15) is 0 Å². The van der Waals surface area contributed by atoms with Gasteiger partial charge in [0.2, 0.25) is 10.0 Å². The molecule has 0 amide bonds. The van der Waals surface area contributed by atoms with Gasteiger partial charge in [0.25, 0.3) is 0 Å². The van der Waals surface area contributed by atoms with Crippen molar-refractivity contribution in [3.8, 4) is 0 Å². The molecule has 0 spiro atoms. The summed E-state index contributed by atoms with van der Waals surface area (Å²) in [5, 5.41) is 6.48. The van der Waals surface area contributed by atoms with Crippen molar-refractivity contribution in [1.29, 1.82) is 0 Å². The molecule has 1 unspecified atom stereocenters. The Morgan fingerprint density at radius 2 is 1.91 bits per heavy atom. The molecule has 1 aromatic carbocycles. The van der Waals surface area contributed by atoms with E-state index in [9.17, 15) is 8.42 Å². The second kappa shape index (κ2) is 6.87. The lowest BCUT2D eigenvalue weighted by Gasteiger charge is -2.15. The Hall–Kier alpha value is -1.28. The van der Waals surface area contributed by atoms with E-state index in [4.69, 9.17) is 0 Å². The first-order chi connectivity index (χ1) is 10.3. The molecule has 1 heterocycles. The number of hydrogen-bond donors (Lipinski definition) is 1. The lowest BCUT2D eigenvalue weighted by atomic mass is 10.1. The van der Waals surface area contributed by atoms with Gasteiger partial charge in [0, 0.05) is 37.8 Å². The van der Waals surface area contributed by atoms with Crippen molar-refractivity contribution in [3.05, 3.63) is 45.9 Å². The second-order valence-corrected chi connectivity index (χ2v) is 8.44. The van der Waals surface area contributed by atoms with Crippen LogP contribution in [0.15, 0.2) is 34.5 Å². The first-order valence-electron chi connectivity index (χ1n) is 6.97. The van der Waals surface area contributed by atoms with Crippen LogP contribution in [0, 0.1) is 6.92 Å². The number of thiazole rings is 1. The molecule has 0 bridgehead atoms. The number of aryl methyl sites for hydroxylation is 1. The highest BCUT2D eigenvalue weighted by molar-refractivity contribution is 7.89. The second-order valence-electron chi connectivity index (χ2n) is 5.34. The molecule has 120 valence electrons. The molecule has 0 saturated heterocycles. The van der Waals surface area contributed by atoms with Crippen molar-refractivity contribution >= 4 is 21.4 Å². The van der Waals surface area contributed by atoms with Gasteiger partial charge in [0.05, 0.1) is 4.90 Å². The van der Waals surface area contributed by atoms with E-state index in [2.05, 4.69) is 17.2 Å². The first kappa shape index (κ1) is 17.1. The normalized spacial score (nSPS) is 13.5. The molecule has 5 nitrogen and oxygen atoms in total. The molecule has 2 rings (SSSR count). The molecular weight excluding hydrogens is 318 g/mol. The van der Waals surface area contributed by atoms with E-state index < -0.39 is 10.0 Å². The molecule has 0 aliphatic heterocycles. The fourth-order valence-corrected chi connectivity index (χ4v) is 3.61. The number of nitrogens with one attached hydrogen (secondary N) is 1. The van der Waals surface area contributed by atoms with Gasteiger partial charge in [-0.25, -0.2) is 17.7 Å². The zero-order chi connectivity index (χ0) is 16.3. The van der Waals surface area contributed by atoms with Crippen LogP contribution in [0.25, 0.3) is 0 Å². The smallest absolute Gasteiger partial charge is 0.242 e. The maximum Gasteiger partial charge on any atom is 0.242 e. The number of hydrogen-bond acceptors (Lipinski definition) is 5. The third-order valence-electron chi connectivity index (χ3n) is 3.38. The van der Waals surface area contributed by atoms with Gasteiger partial charge in [0.15, 0.2) is 0 Å². The Kier molecular flexibility index (Phi) is 5.33. The standard InChI is InChI=1S/C15H21N3O2S2/c1-11-10-21-15(17-11)9-16-12(2)13-5-7-14(8-6-13)22(19,20)18(3)4/h5-8,10,12,16H,9H2,1-4H3. The minimum absolute atomic E-state index is 0.125. The van der Waals surface area contributed by atoms with Gasteiger partial charge in [0.1, 0.15) is 5.01 Å². The van der Waals surface area contributed by atoms with Gasteiger partial charge in [-0.1, -0.05) is 12.1 Å². The predicted molar refractivity (Wildman–Crippen MR) is 89.4 cm³/mol. The Morgan fingerprint density at radius 3 is 2.41 bits per heavy atom. The van der Waals surface area contributed by atoms with Crippen LogP contribution in [0.1, 0.15) is 29.2 Å². The van der Waals surface area contributed by atoms with Crippen molar-refractivity contribution < 1.29 is 8.42 Å². The zero-order valence-corrected chi connectivity index (χ0v) is 14.8. The number of rotatable bonds is 6. The molecule has 0 fully saturated rings. The van der Waals surface area contributed by atoms with E-state index >= 15 is 0 Å². The first-order valence-corrected chi connectivity index (χ1v) is 9.29. The summed E-state index contributed by atoms with van der Waals surface area (Å²) in [6, 6.07) is 7.12. The largest absolute Gasteiger partial charge is 0.304 e. The van der Waals surface area contributed by atoms with Crippen LogP contribution in [0.3, 0.4) is 0 Å². The average Bonchev–Trinajstić information content (AvgIpc) is 2.90. The molecule has 1 N–H and O–H groups in total. The maximum absolute atomic E-state index is 12.0. The van der Waals surface area contributed by atoms with E-state index in [1.165, 1.54) is 18.4 Å². The molecular formula is C15H21N3O2S2. The summed E-state index contributed by atoms with van der Waals surface area (Å²) in [5.41, 5.74) is 2.08. The van der Waals surface area contributed by atoms with Gasteiger partial charge >= 0.3 is 0 Å². The zero-order valence-electron chi connectivity index (χ0n) is 13.2. The van der Waals surface area contributed by atoms with E-state index in [0.717, 1.165) is 16.3 Å². The van der Waals surface area contributed by atoms with Crippen molar-refractivity contribution in [2.24, 2.45) is 0 Å². The molecule has 22 heavy (non-hydrogen) atoms. The Bertz CT molecular complexity index is 722. The lowest BCUT2D eigenvalue weighted by Crippen LogP contribution is -2.22. The highest BCUT2D eigenvalue weighted by Crippen LogP contribution is 2.19. The number of nitrogens with zero attached hydrogens (tertiary/aromatic N) is 2. The van der Waals surface area contributed by atoms with Crippen molar-refractivity contribution in [2.75, 3.05) is 14.1 Å². The number of aromatic nitrogens is 1. The summed E-state index contributed by atoms with van der Waals surface area (Å²) in [7, 11) is -0.305. The molecule has 2 aromatic rings. The Morgan fingerprint density at radius 1 is 1.27 bits per heavy atom. The molecule has 0 aliphatic carbocycles. The Balaban J connectivity index is 2.03. The third-order valence-corrected chi connectivity index (χ3v) is 6.18. The van der Waals surface area contributed by atoms with Crippen LogP contribution in [-0.4, -0.2) is 31.8 Å². The highest BCUT2D eigenvalue weighted by atomic mass is 32.2. The molecule has 0 aliphatic rings. The van der Waals surface area contributed by atoms with E-state index in [1.54, 1.807) is 23.5 Å². The monoisotopic (exact) mass is 339 g/mol.